The van der Waals surface area contributed by atoms with Gasteiger partial charge in [-0.1, -0.05) is 86.6 Å². The molecule has 0 aliphatic heterocycles. The number of amides is 1. The fourth-order valence-corrected chi connectivity index (χ4v) is 6.00. The third-order valence-corrected chi connectivity index (χ3v) is 8.35. The maximum atomic E-state index is 11.2. The second-order valence-corrected chi connectivity index (χ2v) is 13.3. The molecule has 0 bridgehead atoms. The Balaban J connectivity index is 0.000000409. The van der Waals surface area contributed by atoms with Crippen LogP contribution in [0.2, 0.25) is 5.02 Å². The molecule has 0 saturated heterocycles. The molecule has 2 N–H and O–H groups in total. The van der Waals surface area contributed by atoms with E-state index in [0.29, 0.717) is 44.9 Å². The molecule has 1 amide bonds. The molecule has 0 atom stereocenters. The van der Waals surface area contributed by atoms with Crippen LogP contribution in [0.25, 0.3) is 21.7 Å². The minimum Gasteiger partial charge on any atom is -0.466 e. The summed E-state index contributed by atoms with van der Waals surface area (Å²) in [6, 6.07) is 21.5. The molecule has 10 nitrogen and oxygen atoms in total. The van der Waals surface area contributed by atoms with E-state index in [4.69, 9.17) is 26.1 Å². The summed E-state index contributed by atoms with van der Waals surface area (Å²) in [6.07, 6.45) is 0.445. The van der Waals surface area contributed by atoms with E-state index >= 15 is 0 Å². The molecule has 4 aromatic rings. The molecule has 0 aliphatic rings. The minimum atomic E-state index is -0.521. The number of aromatic nitrogens is 2. The summed E-state index contributed by atoms with van der Waals surface area (Å²) in [6.45, 7) is 11.9. The van der Waals surface area contributed by atoms with Gasteiger partial charge < -0.3 is 20.1 Å². The van der Waals surface area contributed by atoms with Crippen molar-refractivity contribution in [3.63, 3.8) is 0 Å². The van der Waals surface area contributed by atoms with Crippen LogP contribution in [0, 0.1) is 22.7 Å². The van der Waals surface area contributed by atoms with Crippen LogP contribution in [0.15, 0.2) is 65.0 Å². The van der Waals surface area contributed by atoms with Gasteiger partial charge in [0.25, 0.3) is 0 Å². The van der Waals surface area contributed by atoms with E-state index in [0.717, 1.165) is 28.2 Å². The fraction of sp³-hybridized carbons (Fsp3) is 0.351. The maximum Gasteiger partial charge on any atom is 0.407 e. The van der Waals surface area contributed by atoms with Crippen molar-refractivity contribution in [1.82, 2.24) is 15.3 Å². The molecule has 0 fully saturated rings. The van der Waals surface area contributed by atoms with E-state index in [1.807, 2.05) is 80.7 Å². The number of alkyl carbamates (subject to hydrolysis) is 1. The molecule has 0 spiro atoms. The number of ether oxygens (including phenoxy) is 2. The van der Waals surface area contributed by atoms with Gasteiger partial charge in [-0.05, 0) is 44.9 Å². The monoisotopic (exact) mass is 734 g/mol. The summed E-state index contributed by atoms with van der Waals surface area (Å²) in [5, 5.41) is 29.4. The molecule has 264 valence electrons. The molecule has 4 rings (SSSR count). The number of esters is 1. The number of anilines is 1. The van der Waals surface area contributed by atoms with Crippen molar-refractivity contribution in [2.45, 2.75) is 70.8 Å². The highest BCUT2D eigenvalue weighted by molar-refractivity contribution is 7.98. The van der Waals surface area contributed by atoms with E-state index in [-0.39, 0.29) is 18.9 Å². The van der Waals surface area contributed by atoms with Gasteiger partial charge in [0, 0.05) is 40.9 Å². The Morgan fingerprint density at radius 1 is 0.980 bits per heavy atom. The summed E-state index contributed by atoms with van der Waals surface area (Å²) >= 11 is 8.97. The number of thioether (sulfide) groups is 1. The normalized spacial score (nSPS) is 10.2. The topological polar surface area (TPSA) is 150 Å². The Kier molecular flexibility index (Phi) is 17.8. The van der Waals surface area contributed by atoms with Crippen molar-refractivity contribution in [3.8, 4) is 33.8 Å². The number of nitrogens with one attached hydrogen (secondary N) is 2. The van der Waals surface area contributed by atoms with Crippen molar-refractivity contribution in [1.29, 1.82) is 10.5 Å². The second kappa shape index (κ2) is 21.5. The first-order chi connectivity index (χ1) is 24.0. The van der Waals surface area contributed by atoms with E-state index in [2.05, 4.69) is 27.8 Å². The molecule has 13 heteroatoms. The number of carbonyl (C=O) groups excluding carboxylic acids is 2. The molecule has 2 heterocycles. The highest BCUT2D eigenvalue weighted by Crippen LogP contribution is 2.37. The van der Waals surface area contributed by atoms with Gasteiger partial charge in [0.15, 0.2) is 0 Å². The van der Waals surface area contributed by atoms with E-state index < -0.39 is 11.7 Å². The van der Waals surface area contributed by atoms with Crippen molar-refractivity contribution >= 4 is 52.6 Å². The van der Waals surface area contributed by atoms with Crippen LogP contribution in [0.4, 0.5) is 10.6 Å². The lowest BCUT2D eigenvalue weighted by molar-refractivity contribution is -0.143. The molecule has 2 aromatic heterocycles. The number of benzene rings is 2. The van der Waals surface area contributed by atoms with E-state index in [1.165, 1.54) is 11.8 Å². The van der Waals surface area contributed by atoms with Gasteiger partial charge in [-0.2, -0.15) is 10.5 Å². The zero-order chi connectivity index (χ0) is 37.1. The lowest BCUT2D eigenvalue weighted by atomic mass is 9.97. The standard InChI is InChI=1S/C24H16ClN5S2.C11H21NO4.C2H6/c1-28-22-19(11-26)21(15-5-3-2-4-6-15)20(12-27)24(30-22)32-14-18-13-31-23(29-18)16-7-9-17(25)10-8-16;1-5-8-15-9(13)6-7-12-10(14)16-11(2,3)4;1-2/h2-10,13H,14H2,1H3,(H,28,30);5-8H2,1-4H3,(H,12,14);1-2H3. The van der Waals surface area contributed by atoms with Crippen molar-refractivity contribution < 1.29 is 19.1 Å². The molecule has 0 aliphatic carbocycles. The Morgan fingerprint density at radius 2 is 1.64 bits per heavy atom. The van der Waals surface area contributed by atoms with Crippen LogP contribution < -0.4 is 10.6 Å². The van der Waals surface area contributed by atoms with Crippen LogP contribution in [-0.2, 0) is 20.0 Å². The minimum absolute atomic E-state index is 0.166. The number of hydrogen-bond acceptors (Lipinski definition) is 11. The number of nitriles is 2. The Labute approximate surface area is 308 Å². The number of hydrogen-bond donors (Lipinski definition) is 2. The summed E-state index contributed by atoms with van der Waals surface area (Å²) < 4.78 is 9.84. The molecule has 50 heavy (non-hydrogen) atoms. The van der Waals surface area contributed by atoms with Gasteiger partial charge in [0.1, 0.15) is 39.2 Å². The summed E-state index contributed by atoms with van der Waals surface area (Å²) in [4.78, 5) is 31.5. The zero-order valence-corrected chi connectivity index (χ0v) is 31.8. The van der Waals surface area contributed by atoms with Crippen LogP contribution in [-0.4, -0.2) is 47.8 Å². The highest BCUT2D eigenvalue weighted by Gasteiger charge is 2.21. The Hall–Kier alpha value is -4.62. The number of rotatable bonds is 11. The smallest absolute Gasteiger partial charge is 0.407 e. The SMILES string of the molecule is CC.CCCOC(=O)CCNC(=O)OC(C)(C)C.CNc1nc(SCc2csc(-c3ccc(Cl)cc3)n2)c(C#N)c(-c2ccccc2)c1C#N. The third-order valence-electron chi connectivity index (χ3n) is 6.15. The highest BCUT2D eigenvalue weighted by atomic mass is 35.5. The summed E-state index contributed by atoms with van der Waals surface area (Å²) in [5.41, 5.74) is 3.54. The van der Waals surface area contributed by atoms with E-state index in [9.17, 15) is 20.1 Å². The Morgan fingerprint density at radius 3 is 2.22 bits per heavy atom. The summed E-state index contributed by atoms with van der Waals surface area (Å²) in [7, 11) is 1.72. The molecule has 0 unspecified atom stereocenters. The Bertz CT molecular complexity index is 1760. The average molecular weight is 735 g/mol. The lowest BCUT2D eigenvalue weighted by Crippen LogP contribution is -2.33. The second-order valence-electron chi connectivity index (χ2n) is 11.1. The van der Waals surface area contributed by atoms with Crippen LogP contribution in [0.3, 0.4) is 0 Å². The van der Waals surface area contributed by atoms with Gasteiger partial charge in [-0.25, -0.2) is 14.8 Å². The first-order valence-electron chi connectivity index (χ1n) is 16.1. The molecular weight excluding hydrogens is 692 g/mol. The first kappa shape index (κ1) is 41.6. The van der Waals surface area contributed by atoms with Crippen LogP contribution in [0.5, 0.6) is 0 Å². The molecule has 0 saturated carbocycles. The van der Waals surface area contributed by atoms with Gasteiger partial charge in [0.2, 0.25) is 0 Å². The lowest BCUT2D eigenvalue weighted by Gasteiger charge is -2.19. The maximum absolute atomic E-state index is 11.2. The fourth-order valence-electron chi connectivity index (χ4n) is 4.06. The largest absolute Gasteiger partial charge is 0.466 e. The van der Waals surface area contributed by atoms with Crippen molar-refractivity contribution in [2.24, 2.45) is 0 Å². The number of nitrogens with zero attached hydrogens (tertiary/aromatic N) is 4. The molecule has 0 radical (unpaired) electrons. The van der Waals surface area contributed by atoms with Crippen molar-refractivity contribution in [3.05, 3.63) is 81.8 Å². The predicted molar refractivity (Wildman–Crippen MR) is 202 cm³/mol. The number of thiazole rings is 1. The van der Waals surface area contributed by atoms with Crippen molar-refractivity contribution in [2.75, 3.05) is 25.5 Å². The molecule has 2 aromatic carbocycles. The quantitative estimate of drug-likeness (QED) is 0.113. The van der Waals surface area contributed by atoms with Crippen LogP contribution >= 0.6 is 34.7 Å². The predicted octanol–water partition coefficient (Wildman–Crippen LogP) is 9.48. The molecular formula is C37H43ClN6O4S2. The van der Waals surface area contributed by atoms with Gasteiger partial charge in [-0.15, -0.1) is 11.3 Å². The number of carbonyl (C=O) groups is 2. The zero-order valence-electron chi connectivity index (χ0n) is 29.4. The van der Waals surface area contributed by atoms with Gasteiger partial charge in [0.05, 0.1) is 24.3 Å². The van der Waals surface area contributed by atoms with Crippen LogP contribution in [0.1, 0.15) is 71.2 Å². The summed E-state index contributed by atoms with van der Waals surface area (Å²) in [5.74, 6) is 0.695. The number of pyridine rings is 1. The third kappa shape index (κ3) is 13.4. The first-order valence-corrected chi connectivity index (χ1v) is 18.3. The average Bonchev–Trinajstić information content (AvgIpc) is 3.59. The van der Waals surface area contributed by atoms with Gasteiger partial charge in [-0.3, -0.25) is 4.79 Å². The van der Waals surface area contributed by atoms with E-state index in [1.54, 1.807) is 39.2 Å². The number of halogens is 1. The van der Waals surface area contributed by atoms with Gasteiger partial charge >= 0.3 is 12.1 Å².